The normalized spacial score (nSPS) is 12.3. The first-order valence-corrected chi connectivity index (χ1v) is 5.38. The van der Waals surface area contributed by atoms with Crippen LogP contribution in [0, 0.1) is 12.3 Å². The Morgan fingerprint density at radius 2 is 1.93 bits per heavy atom. The van der Waals surface area contributed by atoms with Crippen LogP contribution in [-0.4, -0.2) is 9.38 Å². The summed E-state index contributed by atoms with van der Waals surface area (Å²) in [6.07, 6.45) is 5.27. The van der Waals surface area contributed by atoms with Crippen LogP contribution in [0.15, 0.2) is 24.5 Å². The Hall–Kier alpha value is -1.31. The largest absolute Gasteiger partial charge is 0.307 e. The smallest absolute Gasteiger partial charge is 0.136 e. The highest BCUT2D eigenvalue weighted by Crippen LogP contribution is 2.20. The summed E-state index contributed by atoms with van der Waals surface area (Å²) in [5.41, 5.74) is 3.78. The van der Waals surface area contributed by atoms with E-state index >= 15 is 0 Å². The molecule has 2 heteroatoms. The molecule has 0 aromatic carbocycles. The van der Waals surface area contributed by atoms with Gasteiger partial charge in [-0.1, -0.05) is 26.8 Å². The Balaban J connectivity index is 2.39. The van der Waals surface area contributed by atoms with Crippen molar-refractivity contribution in [1.82, 2.24) is 9.38 Å². The summed E-state index contributed by atoms with van der Waals surface area (Å²) in [4.78, 5) is 4.60. The van der Waals surface area contributed by atoms with Crippen molar-refractivity contribution in [2.24, 2.45) is 5.41 Å². The molecule has 0 aliphatic heterocycles. The predicted octanol–water partition coefficient (Wildman–Crippen LogP) is 3.23. The summed E-state index contributed by atoms with van der Waals surface area (Å²) in [5, 5.41) is 0. The molecule has 0 aliphatic carbocycles. The van der Waals surface area contributed by atoms with Gasteiger partial charge in [0.25, 0.3) is 0 Å². The number of fused-ring (bicyclic) bond motifs is 1. The minimum Gasteiger partial charge on any atom is -0.307 e. The van der Waals surface area contributed by atoms with Gasteiger partial charge in [-0.25, -0.2) is 4.98 Å². The van der Waals surface area contributed by atoms with Crippen LogP contribution in [-0.2, 0) is 6.42 Å². The minimum atomic E-state index is 0.299. The molecule has 2 aromatic rings. The quantitative estimate of drug-likeness (QED) is 0.694. The maximum absolute atomic E-state index is 4.60. The average Bonchev–Trinajstić information content (AvgIpc) is 2.42. The zero-order valence-corrected chi connectivity index (χ0v) is 9.91. The number of aromatic nitrogens is 2. The lowest BCUT2D eigenvalue weighted by molar-refractivity contribution is 0.407. The monoisotopic (exact) mass is 202 g/mol. The van der Waals surface area contributed by atoms with Gasteiger partial charge in [0, 0.05) is 12.4 Å². The van der Waals surface area contributed by atoms with Crippen LogP contribution < -0.4 is 0 Å². The summed E-state index contributed by atoms with van der Waals surface area (Å²) in [7, 11) is 0. The molecule has 15 heavy (non-hydrogen) atoms. The summed E-state index contributed by atoms with van der Waals surface area (Å²) in [5.74, 6) is 0. The summed E-state index contributed by atoms with van der Waals surface area (Å²) in [6.45, 7) is 8.82. The van der Waals surface area contributed by atoms with E-state index in [1.54, 1.807) is 0 Å². The van der Waals surface area contributed by atoms with E-state index in [1.165, 1.54) is 11.3 Å². The first kappa shape index (κ1) is 10.2. The number of nitrogens with zero attached hydrogens (tertiary/aromatic N) is 2. The molecule has 0 fully saturated rings. The van der Waals surface area contributed by atoms with E-state index in [1.807, 2.05) is 0 Å². The van der Waals surface area contributed by atoms with Crippen molar-refractivity contribution in [3.05, 3.63) is 35.8 Å². The maximum atomic E-state index is 4.60. The third-order valence-corrected chi connectivity index (χ3v) is 2.36. The van der Waals surface area contributed by atoms with Gasteiger partial charge in [-0.3, -0.25) is 0 Å². The second kappa shape index (κ2) is 3.37. The van der Waals surface area contributed by atoms with Crippen molar-refractivity contribution < 1.29 is 0 Å². The highest BCUT2D eigenvalue weighted by atomic mass is 15.0. The minimum absolute atomic E-state index is 0.299. The van der Waals surface area contributed by atoms with Crippen molar-refractivity contribution in [3.8, 4) is 0 Å². The van der Waals surface area contributed by atoms with E-state index in [2.05, 4.69) is 61.6 Å². The van der Waals surface area contributed by atoms with Crippen LogP contribution in [0.5, 0.6) is 0 Å². The number of imidazole rings is 1. The van der Waals surface area contributed by atoms with Gasteiger partial charge in [0.2, 0.25) is 0 Å². The fraction of sp³-hybridized carbons (Fsp3) is 0.462. The molecular formula is C13H18N2. The molecule has 0 radical (unpaired) electrons. The zero-order chi connectivity index (χ0) is 11.1. The van der Waals surface area contributed by atoms with Crippen LogP contribution in [0.2, 0.25) is 0 Å². The number of hydrogen-bond donors (Lipinski definition) is 0. The number of hydrogen-bond acceptors (Lipinski definition) is 1. The number of rotatable bonds is 1. The molecule has 80 valence electrons. The van der Waals surface area contributed by atoms with Crippen LogP contribution in [0.4, 0.5) is 0 Å². The molecule has 0 amide bonds. The molecule has 0 atom stereocenters. The first-order valence-electron chi connectivity index (χ1n) is 5.38. The molecule has 0 N–H and O–H groups in total. The Kier molecular flexibility index (Phi) is 2.29. The molecule has 2 heterocycles. The van der Waals surface area contributed by atoms with Crippen molar-refractivity contribution in [3.63, 3.8) is 0 Å². The van der Waals surface area contributed by atoms with E-state index in [0.29, 0.717) is 5.41 Å². The lowest BCUT2D eigenvalue weighted by Crippen LogP contribution is -2.09. The summed E-state index contributed by atoms with van der Waals surface area (Å²) >= 11 is 0. The Morgan fingerprint density at radius 3 is 2.60 bits per heavy atom. The Labute approximate surface area is 91.0 Å². The van der Waals surface area contributed by atoms with Crippen molar-refractivity contribution in [1.29, 1.82) is 0 Å². The number of pyridine rings is 1. The van der Waals surface area contributed by atoms with Gasteiger partial charge in [-0.15, -0.1) is 0 Å². The fourth-order valence-corrected chi connectivity index (χ4v) is 1.78. The molecule has 2 rings (SSSR count). The number of aryl methyl sites for hydroxylation is 1. The average molecular weight is 202 g/mol. The van der Waals surface area contributed by atoms with Crippen LogP contribution in [0.3, 0.4) is 0 Å². The van der Waals surface area contributed by atoms with E-state index in [0.717, 1.165) is 12.1 Å². The molecule has 2 aromatic heterocycles. The second-order valence-corrected chi connectivity index (χ2v) is 5.44. The zero-order valence-electron chi connectivity index (χ0n) is 9.91. The third kappa shape index (κ3) is 2.38. The molecule has 0 bridgehead atoms. The van der Waals surface area contributed by atoms with E-state index in [-0.39, 0.29) is 0 Å². The highest BCUT2D eigenvalue weighted by molar-refractivity contribution is 5.41. The van der Waals surface area contributed by atoms with Crippen molar-refractivity contribution in [2.45, 2.75) is 34.1 Å². The van der Waals surface area contributed by atoms with Gasteiger partial charge >= 0.3 is 0 Å². The van der Waals surface area contributed by atoms with Gasteiger partial charge in [0.05, 0.1) is 5.69 Å². The van der Waals surface area contributed by atoms with Crippen LogP contribution in [0.25, 0.3) is 5.65 Å². The molecular weight excluding hydrogens is 184 g/mol. The van der Waals surface area contributed by atoms with Crippen LogP contribution in [0.1, 0.15) is 32.0 Å². The first-order chi connectivity index (χ1) is 6.94. The third-order valence-electron chi connectivity index (χ3n) is 2.36. The lowest BCUT2D eigenvalue weighted by atomic mass is 9.91. The van der Waals surface area contributed by atoms with Crippen molar-refractivity contribution >= 4 is 5.65 Å². The van der Waals surface area contributed by atoms with Gasteiger partial charge < -0.3 is 4.40 Å². The SMILES string of the molecule is Cc1ccc2nc(CC(C)(C)C)cn2c1. The van der Waals surface area contributed by atoms with Crippen molar-refractivity contribution in [2.75, 3.05) is 0 Å². The Bertz CT molecular complexity index is 475. The maximum Gasteiger partial charge on any atom is 0.136 e. The topological polar surface area (TPSA) is 17.3 Å². The molecule has 0 spiro atoms. The van der Waals surface area contributed by atoms with Gasteiger partial charge in [-0.05, 0) is 30.4 Å². The summed E-state index contributed by atoms with van der Waals surface area (Å²) < 4.78 is 2.11. The van der Waals surface area contributed by atoms with E-state index in [4.69, 9.17) is 0 Å². The van der Waals surface area contributed by atoms with E-state index < -0.39 is 0 Å². The Morgan fingerprint density at radius 1 is 1.20 bits per heavy atom. The highest BCUT2D eigenvalue weighted by Gasteiger charge is 2.13. The van der Waals surface area contributed by atoms with Crippen LogP contribution >= 0.6 is 0 Å². The lowest BCUT2D eigenvalue weighted by Gasteiger charge is -2.15. The standard InChI is InChI=1S/C13H18N2/c1-10-5-6-12-14-11(7-13(2,3)4)9-15(12)8-10/h5-6,8-9H,7H2,1-4H3. The molecule has 0 saturated carbocycles. The predicted molar refractivity (Wildman–Crippen MR) is 63.1 cm³/mol. The summed E-state index contributed by atoms with van der Waals surface area (Å²) in [6, 6.07) is 4.17. The molecule has 2 nitrogen and oxygen atoms in total. The second-order valence-electron chi connectivity index (χ2n) is 5.44. The van der Waals surface area contributed by atoms with E-state index in [9.17, 15) is 0 Å². The molecule has 0 saturated heterocycles. The fourth-order valence-electron chi connectivity index (χ4n) is 1.78. The van der Waals surface area contributed by atoms with Gasteiger partial charge in [0.15, 0.2) is 0 Å². The van der Waals surface area contributed by atoms with Gasteiger partial charge in [0.1, 0.15) is 5.65 Å². The molecule has 0 aliphatic rings. The van der Waals surface area contributed by atoms with Gasteiger partial charge in [-0.2, -0.15) is 0 Å². The molecule has 0 unspecified atom stereocenters.